The summed E-state index contributed by atoms with van der Waals surface area (Å²) in [5.74, 6) is 0. The van der Waals surface area contributed by atoms with E-state index in [0.29, 0.717) is 0 Å². The lowest BCUT2D eigenvalue weighted by Crippen LogP contribution is -1.81. The van der Waals surface area contributed by atoms with Crippen molar-refractivity contribution in [2.45, 2.75) is 34.6 Å². The molecule has 0 aliphatic carbocycles. The van der Waals surface area contributed by atoms with Gasteiger partial charge >= 0.3 is 0 Å². The first-order chi connectivity index (χ1) is 8.91. The SMILES string of the molecule is C=C(C)c1ccccc1C.Cc1ccc(C)c(C)c1. The van der Waals surface area contributed by atoms with Crippen LogP contribution in [-0.4, -0.2) is 0 Å². The molecule has 0 radical (unpaired) electrons. The zero-order chi connectivity index (χ0) is 14.4. The molecule has 0 bridgehead atoms. The average molecular weight is 252 g/mol. The second-order valence-electron chi connectivity index (χ2n) is 5.18. The van der Waals surface area contributed by atoms with Gasteiger partial charge in [0, 0.05) is 0 Å². The summed E-state index contributed by atoms with van der Waals surface area (Å²) in [6, 6.07) is 14.8. The van der Waals surface area contributed by atoms with E-state index in [-0.39, 0.29) is 0 Å². The minimum atomic E-state index is 1.14. The van der Waals surface area contributed by atoms with Crippen molar-refractivity contribution in [1.82, 2.24) is 0 Å². The molecule has 2 aromatic carbocycles. The van der Waals surface area contributed by atoms with E-state index in [1.807, 2.05) is 19.1 Å². The van der Waals surface area contributed by atoms with Gasteiger partial charge in [0.1, 0.15) is 0 Å². The molecule has 19 heavy (non-hydrogen) atoms. The Bertz CT molecular complexity index is 562. The molecule has 0 nitrogen and oxygen atoms in total. The van der Waals surface area contributed by atoms with Gasteiger partial charge in [0.25, 0.3) is 0 Å². The predicted molar refractivity (Wildman–Crippen MR) is 86.5 cm³/mol. The van der Waals surface area contributed by atoms with Crippen LogP contribution in [0.4, 0.5) is 0 Å². The highest BCUT2D eigenvalue weighted by molar-refractivity contribution is 5.63. The van der Waals surface area contributed by atoms with E-state index in [1.165, 1.54) is 27.8 Å². The van der Waals surface area contributed by atoms with Crippen molar-refractivity contribution >= 4 is 5.57 Å². The predicted octanol–water partition coefficient (Wildman–Crippen LogP) is 5.64. The van der Waals surface area contributed by atoms with Crippen molar-refractivity contribution in [1.29, 1.82) is 0 Å². The fraction of sp³-hybridized carbons (Fsp3) is 0.263. The van der Waals surface area contributed by atoms with Gasteiger partial charge in [0.2, 0.25) is 0 Å². The maximum absolute atomic E-state index is 3.89. The summed E-state index contributed by atoms with van der Waals surface area (Å²) in [6.45, 7) is 14.4. The van der Waals surface area contributed by atoms with Gasteiger partial charge in [-0.2, -0.15) is 0 Å². The molecule has 0 heterocycles. The molecular formula is C19H24. The quantitative estimate of drug-likeness (QED) is 0.616. The lowest BCUT2D eigenvalue weighted by molar-refractivity contribution is 1.30. The summed E-state index contributed by atoms with van der Waals surface area (Å²) in [5.41, 5.74) is 7.81. The molecule has 2 aromatic rings. The molecule has 0 aliphatic heterocycles. The Kier molecular flexibility index (Phi) is 5.57. The molecule has 0 amide bonds. The van der Waals surface area contributed by atoms with Crippen LogP contribution >= 0.6 is 0 Å². The van der Waals surface area contributed by atoms with Crippen LogP contribution in [-0.2, 0) is 0 Å². The number of hydrogen-bond donors (Lipinski definition) is 0. The van der Waals surface area contributed by atoms with Gasteiger partial charge in [-0.25, -0.2) is 0 Å². The minimum absolute atomic E-state index is 1.14. The van der Waals surface area contributed by atoms with E-state index in [2.05, 4.69) is 64.6 Å². The molecule has 0 unspecified atom stereocenters. The fourth-order valence-electron chi connectivity index (χ4n) is 1.94. The van der Waals surface area contributed by atoms with E-state index < -0.39 is 0 Å². The van der Waals surface area contributed by atoms with Crippen molar-refractivity contribution in [2.24, 2.45) is 0 Å². The number of rotatable bonds is 1. The van der Waals surface area contributed by atoms with Gasteiger partial charge in [-0.1, -0.05) is 60.2 Å². The third-order valence-electron chi connectivity index (χ3n) is 3.27. The number of allylic oxidation sites excluding steroid dienone is 1. The number of aryl methyl sites for hydroxylation is 4. The van der Waals surface area contributed by atoms with Crippen molar-refractivity contribution < 1.29 is 0 Å². The van der Waals surface area contributed by atoms with Crippen LogP contribution in [0.3, 0.4) is 0 Å². The van der Waals surface area contributed by atoms with Crippen molar-refractivity contribution in [3.8, 4) is 0 Å². The molecule has 0 saturated carbocycles. The number of benzene rings is 2. The van der Waals surface area contributed by atoms with Crippen LogP contribution < -0.4 is 0 Å². The number of hydrogen-bond acceptors (Lipinski definition) is 0. The molecule has 0 aliphatic rings. The van der Waals surface area contributed by atoms with Crippen LogP contribution in [0.15, 0.2) is 49.0 Å². The zero-order valence-electron chi connectivity index (χ0n) is 12.7. The molecule has 0 aromatic heterocycles. The Morgan fingerprint density at radius 3 is 1.84 bits per heavy atom. The van der Waals surface area contributed by atoms with Crippen molar-refractivity contribution in [2.75, 3.05) is 0 Å². The van der Waals surface area contributed by atoms with Crippen molar-refractivity contribution in [3.63, 3.8) is 0 Å². The molecule has 0 N–H and O–H groups in total. The van der Waals surface area contributed by atoms with Crippen LogP contribution in [0.5, 0.6) is 0 Å². The van der Waals surface area contributed by atoms with E-state index in [9.17, 15) is 0 Å². The summed E-state index contributed by atoms with van der Waals surface area (Å²) in [4.78, 5) is 0. The monoisotopic (exact) mass is 252 g/mol. The Balaban J connectivity index is 0.000000191. The first kappa shape index (κ1) is 15.2. The molecule has 0 saturated heterocycles. The van der Waals surface area contributed by atoms with Gasteiger partial charge in [-0.05, 0) is 56.9 Å². The largest absolute Gasteiger partial charge is 0.0955 e. The van der Waals surface area contributed by atoms with Crippen LogP contribution in [0.25, 0.3) is 5.57 Å². The molecular weight excluding hydrogens is 228 g/mol. The Morgan fingerprint density at radius 2 is 1.42 bits per heavy atom. The first-order valence-electron chi connectivity index (χ1n) is 6.67. The molecule has 2 rings (SSSR count). The van der Waals surface area contributed by atoms with Crippen LogP contribution in [0.2, 0.25) is 0 Å². The lowest BCUT2D eigenvalue weighted by Gasteiger charge is -2.02. The Morgan fingerprint density at radius 1 is 0.789 bits per heavy atom. The van der Waals surface area contributed by atoms with Gasteiger partial charge in [0.05, 0.1) is 0 Å². The smallest absolute Gasteiger partial charge is 0.0204 e. The molecule has 0 atom stereocenters. The van der Waals surface area contributed by atoms with E-state index in [4.69, 9.17) is 0 Å². The minimum Gasteiger partial charge on any atom is -0.0955 e. The maximum atomic E-state index is 3.89. The molecule has 0 fully saturated rings. The first-order valence-corrected chi connectivity index (χ1v) is 6.67. The van der Waals surface area contributed by atoms with Crippen LogP contribution in [0, 0.1) is 27.7 Å². The molecule has 0 spiro atoms. The van der Waals surface area contributed by atoms with Crippen molar-refractivity contribution in [3.05, 3.63) is 76.9 Å². The summed E-state index contributed by atoms with van der Waals surface area (Å²) >= 11 is 0. The third kappa shape index (κ3) is 4.75. The highest BCUT2D eigenvalue weighted by atomic mass is 14.0. The zero-order valence-corrected chi connectivity index (χ0v) is 12.7. The van der Waals surface area contributed by atoms with Gasteiger partial charge in [0.15, 0.2) is 0 Å². The highest BCUT2D eigenvalue weighted by Crippen LogP contribution is 2.14. The standard InChI is InChI=1S/C10H12.C9H12/c1-8(2)10-7-5-4-6-9(10)3;1-7-4-5-8(2)9(3)6-7/h4-7H,1H2,2-3H3;4-6H,1-3H3. The van der Waals surface area contributed by atoms with Crippen LogP contribution in [0.1, 0.15) is 34.7 Å². The van der Waals surface area contributed by atoms with Gasteiger partial charge in [-0.15, -0.1) is 0 Å². The third-order valence-corrected chi connectivity index (χ3v) is 3.27. The Hall–Kier alpha value is -1.82. The van der Waals surface area contributed by atoms with E-state index in [1.54, 1.807) is 0 Å². The summed E-state index contributed by atoms with van der Waals surface area (Å²) in [7, 11) is 0. The summed E-state index contributed by atoms with van der Waals surface area (Å²) in [6.07, 6.45) is 0. The summed E-state index contributed by atoms with van der Waals surface area (Å²) < 4.78 is 0. The molecule has 0 heteroatoms. The fourth-order valence-corrected chi connectivity index (χ4v) is 1.94. The highest BCUT2D eigenvalue weighted by Gasteiger charge is 1.94. The van der Waals surface area contributed by atoms with Gasteiger partial charge in [-0.3, -0.25) is 0 Å². The van der Waals surface area contributed by atoms with E-state index in [0.717, 1.165) is 5.57 Å². The average Bonchev–Trinajstić information content (AvgIpc) is 2.35. The lowest BCUT2D eigenvalue weighted by atomic mass is 10.0. The Labute approximate surface area is 117 Å². The van der Waals surface area contributed by atoms with Gasteiger partial charge < -0.3 is 0 Å². The second kappa shape index (κ2) is 6.94. The maximum Gasteiger partial charge on any atom is -0.0204 e. The normalized spacial score (nSPS) is 9.53. The topological polar surface area (TPSA) is 0 Å². The summed E-state index contributed by atoms with van der Waals surface area (Å²) in [5, 5.41) is 0. The second-order valence-corrected chi connectivity index (χ2v) is 5.18. The molecule has 100 valence electrons. The van der Waals surface area contributed by atoms with E-state index >= 15 is 0 Å².